The molecular formula is C21H16O5. The summed E-state index contributed by atoms with van der Waals surface area (Å²) in [4.78, 5) is 25.1. The van der Waals surface area contributed by atoms with Crippen LogP contribution in [0.1, 0.15) is 17.5 Å². The number of methoxy groups -OCH3 is 2. The first-order valence-corrected chi connectivity index (χ1v) is 8.14. The highest BCUT2D eigenvalue weighted by Crippen LogP contribution is 2.45. The average Bonchev–Trinajstić information content (AvgIpc) is 3.18. The van der Waals surface area contributed by atoms with E-state index < -0.39 is 5.97 Å². The van der Waals surface area contributed by atoms with Gasteiger partial charge in [0.2, 0.25) is 0 Å². The summed E-state index contributed by atoms with van der Waals surface area (Å²) in [6, 6.07) is 14.4. The fourth-order valence-corrected chi connectivity index (χ4v) is 3.26. The number of carbonyl (C=O) groups is 2. The van der Waals surface area contributed by atoms with E-state index >= 15 is 0 Å². The Bertz CT molecular complexity index is 962. The second-order valence-corrected chi connectivity index (χ2v) is 6.00. The zero-order valence-electron chi connectivity index (χ0n) is 14.4. The lowest BCUT2D eigenvalue weighted by Crippen LogP contribution is -2.02. The van der Waals surface area contributed by atoms with Crippen molar-refractivity contribution in [2.24, 2.45) is 0 Å². The molecule has 0 atom stereocenters. The van der Waals surface area contributed by atoms with Crippen LogP contribution in [0.25, 0.3) is 11.1 Å². The first-order valence-electron chi connectivity index (χ1n) is 8.14. The number of ether oxygens (including phenoxy) is 3. The summed E-state index contributed by atoms with van der Waals surface area (Å²) in [5, 5.41) is 0. The Labute approximate surface area is 150 Å². The Hall–Kier alpha value is -3.34. The third-order valence-corrected chi connectivity index (χ3v) is 4.58. The summed E-state index contributed by atoms with van der Waals surface area (Å²) in [5.41, 5.74) is 2.89. The Morgan fingerprint density at radius 1 is 0.769 bits per heavy atom. The molecule has 0 N–H and O–H groups in total. The van der Waals surface area contributed by atoms with Gasteiger partial charge >= 0.3 is 5.97 Å². The highest BCUT2D eigenvalue weighted by molar-refractivity contribution is 6.32. The minimum atomic E-state index is -0.501. The van der Waals surface area contributed by atoms with Gasteiger partial charge in [0.05, 0.1) is 25.4 Å². The van der Waals surface area contributed by atoms with Crippen molar-refractivity contribution in [1.82, 2.24) is 0 Å². The van der Waals surface area contributed by atoms with Crippen LogP contribution in [-0.4, -0.2) is 26.0 Å². The van der Waals surface area contributed by atoms with Crippen molar-refractivity contribution in [3.63, 3.8) is 0 Å². The first-order chi connectivity index (χ1) is 12.6. The molecule has 0 saturated heterocycles. The topological polar surface area (TPSA) is 61.8 Å². The van der Waals surface area contributed by atoms with Crippen molar-refractivity contribution in [3.05, 3.63) is 71.0 Å². The van der Waals surface area contributed by atoms with E-state index in [4.69, 9.17) is 14.2 Å². The zero-order chi connectivity index (χ0) is 18.3. The molecule has 2 aliphatic rings. The number of ketones is 1. The SMILES string of the molecule is COc1ccc(C2=C3OC(=O)C(c4ccc(OC)cc4)=C3C(=O)C2)cc1. The van der Waals surface area contributed by atoms with Gasteiger partial charge in [-0.25, -0.2) is 4.79 Å². The predicted molar refractivity (Wildman–Crippen MR) is 95.5 cm³/mol. The van der Waals surface area contributed by atoms with Crippen LogP contribution in [0.3, 0.4) is 0 Å². The molecule has 0 bridgehead atoms. The molecule has 1 aliphatic carbocycles. The van der Waals surface area contributed by atoms with Gasteiger partial charge in [0.1, 0.15) is 17.3 Å². The van der Waals surface area contributed by atoms with Crippen molar-refractivity contribution in [1.29, 1.82) is 0 Å². The Morgan fingerprint density at radius 3 is 1.85 bits per heavy atom. The number of carbonyl (C=O) groups excluding carboxylic acids is 2. The number of allylic oxidation sites excluding steroid dienone is 2. The number of fused-ring (bicyclic) bond motifs is 1. The molecule has 0 spiro atoms. The van der Waals surface area contributed by atoms with E-state index in [9.17, 15) is 9.59 Å². The summed E-state index contributed by atoms with van der Waals surface area (Å²) < 4.78 is 15.8. The van der Waals surface area contributed by atoms with Gasteiger partial charge in [-0.05, 0) is 35.4 Å². The average molecular weight is 348 g/mol. The van der Waals surface area contributed by atoms with Crippen LogP contribution in [0.2, 0.25) is 0 Å². The van der Waals surface area contributed by atoms with Crippen LogP contribution < -0.4 is 9.47 Å². The zero-order valence-corrected chi connectivity index (χ0v) is 14.4. The third-order valence-electron chi connectivity index (χ3n) is 4.58. The molecule has 0 unspecified atom stereocenters. The fourth-order valence-electron chi connectivity index (χ4n) is 3.26. The summed E-state index contributed by atoms with van der Waals surface area (Å²) in [6.45, 7) is 0. The molecule has 1 heterocycles. The maximum atomic E-state index is 12.6. The quantitative estimate of drug-likeness (QED) is 0.793. The van der Waals surface area contributed by atoms with E-state index in [-0.39, 0.29) is 12.2 Å². The van der Waals surface area contributed by atoms with Crippen molar-refractivity contribution >= 4 is 22.9 Å². The van der Waals surface area contributed by atoms with Crippen LogP contribution >= 0.6 is 0 Å². The van der Waals surface area contributed by atoms with Crippen molar-refractivity contribution in [2.45, 2.75) is 6.42 Å². The molecule has 0 aromatic heterocycles. The molecule has 5 heteroatoms. The van der Waals surface area contributed by atoms with Gasteiger partial charge in [-0.15, -0.1) is 0 Å². The molecule has 0 radical (unpaired) electrons. The number of hydrogen-bond donors (Lipinski definition) is 0. The molecular weight excluding hydrogens is 332 g/mol. The maximum Gasteiger partial charge on any atom is 0.345 e. The summed E-state index contributed by atoms with van der Waals surface area (Å²) in [6.07, 6.45) is 0.212. The van der Waals surface area contributed by atoms with Crippen molar-refractivity contribution < 1.29 is 23.8 Å². The van der Waals surface area contributed by atoms with Crippen LogP contribution in [0.15, 0.2) is 59.9 Å². The lowest BCUT2D eigenvalue weighted by atomic mass is 10.00. The molecule has 130 valence electrons. The van der Waals surface area contributed by atoms with Crippen molar-refractivity contribution in [2.75, 3.05) is 14.2 Å². The van der Waals surface area contributed by atoms with Crippen molar-refractivity contribution in [3.8, 4) is 11.5 Å². The van der Waals surface area contributed by atoms with Gasteiger partial charge in [0.25, 0.3) is 0 Å². The van der Waals surface area contributed by atoms with Crippen LogP contribution in [-0.2, 0) is 14.3 Å². The van der Waals surface area contributed by atoms with Gasteiger partial charge in [0.15, 0.2) is 5.78 Å². The Balaban J connectivity index is 1.81. The number of hydrogen-bond acceptors (Lipinski definition) is 5. The molecule has 2 aromatic carbocycles. The summed E-state index contributed by atoms with van der Waals surface area (Å²) in [5.74, 6) is 1.16. The minimum absolute atomic E-state index is 0.109. The number of benzene rings is 2. The molecule has 0 saturated carbocycles. The highest BCUT2D eigenvalue weighted by atomic mass is 16.5. The van der Waals surface area contributed by atoms with Crippen LogP contribution in [0.5, 0.6) is 11.5 Å². The normalized spacial score (nSPS) is 16.1. The highest BCUT2D eigenvalue weighted by Gasteiger charge is 2.41. The molecule has 2 aromatic rings. The van der Waals surface area contributed by atoms with E-state index in [0.29, 0.717) is 28.2 Å². The Morgan fingerprint density at radius 2 is 1.31 bits per heavy atom. The van der Waals surface area contributed by atoms with E-state index in [1.165, 1.54) is 0 Å². The molecule has 26 heavy (non-hydrogen) atoms. The van der Waals surface area contributed by atoms with Crippen LogP contribution in [0, 0.1) is 0 Å². The fraction of sp³-hybridized carbons (Fsp3) is 0.143. The van der Waals surface area contributed by atoms with Gasteiger partial charge < -0.3 is 14.2 Å². The van der Waals surface area contributed by atoms with E-state index in [1.807, 2.05) is 24.3 Å². The summed E-state index contributed by atoms with van der Waals surface area (Å²) in [7, 11) is 3.17. The Kier molecular flexibility index (Phi) is 3.84. The summed E-state index contributed by atoms with van der Waals surface area (Å²) >= 11 is 0. The van der Waals surface area contributed by atoms with Crippen LogP contribution in [0.4, 0.5) is 0 Å². The second kappa shape index (κ2) is 6.19. The monoisotopic (exact) mass is 348 g/mol. The van der Waals surface area contributed by atoms with Gasteiger partial charge in [-0.3, -0.25) is 4.79 Å². The predicted octanol–water partition coefficient (Wildman–Crippen LogP) is 3.40. The molecule has 5 nitrogen and oxygen atoms in total. The molecule has 1 aliphatic heterocycles. The lowest BCUT2D eigenvalue weighted by molar-refractivity contribution is -0.131. The smallest absolute Gasteiger partial charge is 0.345 e. The number of esters is 1. The van der Waals surface area contributed by atoms with E-state index in [0.717, 1.165) is 16.9 Å². The minimum Gasteiger partial charge on any atom is -0.497 e. The van der Waals surface area contributed by atoms with Gasteiger partial charge in [-0.2, -0.15) is 0 Å². The second-order valence-electron chi connectivity index (χ2n) is 6.00. The largest absolute Gasteiger partial charge is 0.497 e. The standard InChI is InChI=1S/C21H16O5/c1-24-14-7-3-12(4-8-14)16-11-17(22)19-18(21(23)26-20(16)19)13-5-9-15(25-2)10-6-13/h3-10H,11H2,1-2H3. The molecule has 0 fully saturated rings. The van der Waals surface area contributed by atoms with E-state index in [2.05, 4.69) is 0 Å². The lowest BCUT2D eigenvalue weighted by Gasteiger charge is -2.06. The first kappa shape index (κ1) is 16.1. The van der Waals surface area contributed by atoms with Gasteiger partial charge in [0, 0.05) is 12.0 Å². The van der Waals surface area contributed by atoms with E-state index in [1.54, 1.807) is 38.5 Å². The molecule has 0 amide bonds. The van der Waals surface area contributed by atoms with Gasteiger partial charge in [-0.1, -0.05) is 24.3 Å². The maximum absolute atomic E-state index is 12.6. The third kappa shape index (κ3) is 2.49. The number of rotatable bonds is 4. The molecule has 4 rings (SSSR count). The number of Topliss-reactive ketones (excluding diaryl/α,β-unsaturated/α-hetero) is 1.